The van der Waals surface area contributed by atoms with Crippen LogP contribution in [0.4, 0.5) is 0 Å². The van der Waals surface area contributed by atoms with Gasteiger partial charge in [0.25, 0.3) is 5.91 Å². The van der Waals surface area contributed by atoms with E-state index in [0.717, 1.165) is 19.3 Å². The molecule has 0 aliphatic heterocycles. The first-order valence-corrected chi connectivity index (χ1v) is 8.73. The smallest absolute Gasteiger partial charge is 0.252 e. The van der Waals surface area contributed by atoms with Crippen LogP contribution in [0.15, 0.2) is 40.9 Å². The van der Waals surface area contributed by atoms with Crippen LogP contribution in [0.3, 0.4) is 0 Å². The molecule has 1 amide bonds. The zero-order valence-corrected chi connectivity index (χ0v) is 15.4. The number of amides is 1. The number of benzene rings is 2. The second-order valence-electron chi connectivity index (χ2n) is 5.81. The number of carbonyl (C=O) groups is 1. The molecule has 1 aliphatic carbocycles. The number of fused-ring (bicyclic) bond motifs is 1. The van der Waals surface area contributed by atoms with Crippen molar-refractivity contribution in [2.24, 2.45) is 0 Å². The molecule has 5 heteroatoms. The lowest BCUT2D eigenvalue weighted by Crippen LogP contribution is -2.31. The molecule has 0 heterocycles. The van der Waals surface area contributed by atoms with Crippen LogP contribution < -0.4 is 14.8 Å². The summed E-state index contributed by atoms with van der Waals surface area (Å²) in [4.78, 5) is 12.7. The molecule has 2 aromatic rings. The predicted molar refractivity (Wildman–Crippen MR) is 96.8 cm³/mol. The summed E-state index contributed by atoms with van der Waals surface area (Å²) < 4.78 is 11.3. The summed E-state index contributed by atoms with van der Waals surface area (Å²) >= 11 is 3.42. The van der Waals surface area contributed by atoms with Crippen molar-refractivity contribution >= 4 is 21.8 Å². The van der Waals surface area contributed by atoms with Crippen LogP contribution in [-0.4, -0.2) is 20.1 Å². The maximum atomic E-state index is 12.7. The second-order valence-corrected chi connectivity index (χ2v) is 6.60. The van der Waals surface area contributed by atoms with Crippen molar-refractivity contribution in [2.45, 2.75) is 25.3 Å². The van der Waals surface area contributed by atoms with Gasteiger partial charge in [-0.1, -0.05) is 24.3 Å². The molecule has 3 rings (SSSR count). The normalized spacial score (nSPS) is 16.2. The molecule has 1 N–H and O–H groups in total. The summed E-state index contributed by atoms with van der Waals surface area (Å²) in [5.41, 5.74) is 3.06. The van der Waals surface area contributed by atoms with Crippen LogP contribution in [0.5, 0.6) is 11.5 Å². The van der Waals surface area contributed by atoms with Gasteiger partial charge in [-0.3, -0.25) is 4.79 Å². The molecule has 4 nitrogen and oxygen atoms in total. The van der Waals surface area contributed by atoms with Crippen LogP contribution in [0, 0.1) is 0 Å². The summed E-state index contributed by atoms with van der Waals surface area (Å²) in [6.07, 6.45) is 3.10. The Bertz CT molecular complexity index is 735. The van der Waals surface area contributed by atoms with Crippen LogP contribution in [0.25, 0.3) is 0 Å². The lowest BCUT2D eigenvalue weighted by atomic mass is 9.87. The Hall–Kier alpha value is -2.01. The largest absolute Gasteiger partial charge is 0.495 e. The Kier molecular flexibility index (Phi) is 5.09. The SMILES string of the molecule is COc1cc(C(=O)NC2CCCc3ccccc32)cc(OC)c1Br. The van der Waals surface area contributed by atoms with Crippen molar-refractivity contribution < 1.29 is 14.3 Å². The average Bonchev–Trinajstić information content (AvgIpc) is 2.62. The lowest BCUT2D eigenvalue weighted by Gasteiger charge is -2.26. The fourth-order valence-electron chi connectivity index (χ4n) is 3.15. The quantitative estimate of drug-likeness (QED) is 0.848. The van der Waals surface area contributed by atoms with E-state index in [1.807, 2.05) is 12.1 Å². The van der Waals surface area contributed by atoms with Crippen molar-refractivity contribution in [3.63, 3.8) is 0 Å². The first-order chi connectivity index (χ1) is 11.6. The van der Waals surface area contributed by atoms with E-state index in [4.69, 9.17) is 9.47 Å². The van der Waals surface area contributed by atoms with E-state index in [1.165, 1.54) is 11.1 Å². The Morgan fingerprint density at radius 2 is 1.83 bits per heavy atom. The fourth-order valence-corrected chi connectivity index (χ4v) is 3.70. The number of aryl methyl sites for hydroxylation is 1. The lowest BCUT2D eigenvalue weighted by molar-refractivity contribution is 0.0932. The Labute approximate surface area is 150 Å². The molecule has 2 aromatic carbocycles. The number of methoxy groups -OCH3 is 2. The molecule has 0 saturated carbocycles. The van der Waals surface area contributed by atoms with Crippen molar-refractivity contribution in [1.29, 1.82) is 0 Å². The molecule has 0 spiro atoms. The van der Waals surface area contributed by atoms with Crippen molar-refractivity contribution in [3.05, 3.63) is 57.6 Å². The molecule has 1 atom stereocenters. The van der Waals surface area contributed by atoms with Crippen LogP contribution in [0.1, 0.15) is 40.4 Å². The van der Waals surface area contributed by atoms with Gasteiger partial charge in [-0.2, -0.15) is 0 Å². The van der Waals surface area contributed by atoms with E-state index in [0.29, 0.717) is 21.5 Å². The highest BCUT2D eigenvalue weighted by molar-refractivity contribution is 9.10. The van der Waals surface area contributed by atoms with Crippen molar-refractivity contribution in [3.8, 4) is 11.5 Å². The third-order valence-electron chi connectivity index (χ3n) is 4.38. The molecular weight excluding hydrogens is 370 g/mol. The molecule has 0 aromatic heterocycles. The highest BCUT2D eigenvalue weighted by atomic mass is 79.9. The van der Waals surface area contributed by atoms with Gasteiger partial charge in [-0.15, -0.1) is 0 Å². The van der Waals surface area contributed by atoms with E-state index in [1.54, 1.807) is 26.4 Å². The van der Waals surface area contributed by atoms with E-state index < -0.39 is 0 Å². The van der Waals surface area contributed by atoms with Crippen LogP contribution in [0.2, 0.25) is 0 Å². The molecule has 1 aliphatic rings. The molecule has 0 bridgehead atoms. The Morgan fingerprint density at radius 1 is 1.17 bits per heavy atom. The number of halogens is 1. The molecule has 1 unspecified atom stereocenters. The summed E-state index contributed by atoms with van der Waals surface area (Å²) in [5, 5.41) is 3.15. The number of nitrogens with one attached hydrogen (secondary N) is 1. The monoisotopic (exact) mass is 389 g/mol. The summed E-state index contributed by atoms with van der Waals surface area (Å²) in [7, 11) is 3.14. The summed E-state index contributed by atoms with van der Waals surface area (Å²) in [6, 6.07) is 11.8. The Morgan fingerprint density at radius 3 is 2.50 bits per heavy atom. The fraction of sp³-hybridized carbons (Fsp3) is 0.316. The Balaban J connectivity index is 1.86. The first-order valence-electron chi connectivity index (χ1n) is 7.94. The molecule has 0 radical (unpaired) electrons. The first kappa shape index (κ1) is 16.8. The molecule has 0 fully saturated rings. The number of carbonyl (C=O) groups excluding carboxylic acids is 1. The van der Waals surface area contributed by atoms with Gasteiger partial charge in [0.1, 0.15) is 16.0 Å². The maximum Gasteiger partial charge on any atom is 0.252 e. The molecular formula is C19H20BrNO3. The van der Waals surface area contributed by atoms with Crippen molar-refractivity contribution in [2.75, 3.05) is 14.2 Å². The van der Waals surface area contributed by atoms with Gasteiger partial charge in [0.2, 0.25) is 0 Å². The number of rotatable bonds is 4. The highest BCUT2D eigenvalue weighted by Crippen LogP contribution is 2.36. The van der Waals surface area contributed by atoms with Gasteiger partial charge < -0.3 is 14.8 Å². The zero-order valence-electron chi connectivity index (χ0n) is 13.8. The minimum atomic E-state index is -0.124. The molecule has 0 saturated heterocycles. The minimum Gasteiger partial charge on any atom is -0.495 e. The van der Waals surface area contributed by atoms with E-state index in [9.17, 15) is 4.79 Å². The minimum absolute atomic E-state index is 0.0445. The predicted octanol–water partition coefficient (Wildman–Crippen LogP) is 4.27. The van der Waals surface area contributed by atoms with Crippen molar-refractivity contribution in [1.82, 2.24) is 5.32 Å². The van der Waals surface area contributed by atoms with Gasteiger partial charge in [0.15, 0.2) is 0 Å². The summed E-state index contributed by atoms with van der Waals surface area (Å²) in [5.74, 6) is 1.02. The van der Waals surface area contributed by atoms with Gasteiger partial charge in [-0.25, -0.2) is 0 Å². The topological polar surface area (TPSA) is 47.6 Å². The van der Waals surface area contributed by atoms with Crippen LogP contribution >= 0.6 is 15.9 Å². The maximum absolute atomic E-state index is 12.7. The number of hydrogen-bond acceptors (Lipinski definition) is 3. The van der Waals surface area contributed by atoms with E-state index in [2.05, 4.69) is 33.4 Å². The third kappa shape index (κ3) is 3.26. The van der Waals surface area contributed by atoms with Gasteiger partial charge in [-0.05, 0) is 58.5 Å². The highest BCUT2D eigenvalue weighted by Gasteiger charge is 2.23. The molecule has 126 valence electrons. The molecule has 24 heavy (non-hydrogen) atoms. The van der Waals surface area contributed by atoms with E-state index >= 15 is 0 Å². The van der Waals surface area contributed by atoms with Gasteiger partial charge >= 0.3 is 0 Å². The van der Waals surface area contributed by atoms with E-state index in [-0.39, 0.29) is 11.9 Å². The summed E-state index contributed by atoms with van der Waals surface area (Å²) in [6.45, 7) is 0. The number of hydrogen-bond donors (Lipinski definition) is 1. The zero-order chi connectivity index (χ0) is 17.1. The second kappa shape index (κ2) is 7.26. The van der Waals surface area contributed by atoms with Gasteiger partial charge in [0.05, 0.1) is 20.3 Å². The number of ether oxygens (including phenoxy) is 2. The van der Waals surface area contributed by atoms with Crippen LogP contribution in [-0.2, 0) is 6.42 Å². The standard InChI is InChI=1S/C19H20BrNO3/c1-23-16-10-13(11-17(24-2)18(16)20)19(22)21-15-9-5-7-12-6-3-4-8-14(12)15/h3-4,6,8,10-11,15H,5,7,9H2,1-2H3,(H,21,22). The average molecular weight is 390 g/mol. The third-order valence-corrected chi connectivity index (χ3v) is 5.16. The van der Waals surface area contributed by atoms with Gasteiger partial charge in [0, 0.05) is 5.56 Å².